The van der Waals surface area contributed by atoms with Crippen LogP contribution in [0.15, 0.2) is 0 Å². The van der Waals surface area contributed by atoms with Crippen LogP contribution in [0.4, 0.5) is 0 Å². The van der Waals surface area contributed by atoms with Gasteiger partial charge in [-0.05, 0) is 6.42 Å². The van der Waals surface area contributed by atoms with E-state index in [1.54, 1.807) is 0 Å². The van der Waals surface area contributed by atoms with Crippen LogP contribution in [-0.4, -0.2) is 67.8 Å². The fourth-order valence-electron chi connectivity index (χ4n) is 2.88. The van der Waals surface area contributed by atoms with Gasteiger partial charge in [-0.1, -0.05) is 26.2 Å². The monoisotopic (exact) mass is 262 g/mol. The highest BCUT2D eigenvalue weighted by atomic mass is 16.6. The van der Waals surface area contributed by atoms with Gasteiger partial charge in [-0.25, -0.2) is 0 Å². The number of aliphatic hydroxyl groups is 5. The number of hydrogen-bond acceptors (Lipinski definition) is 6. The Morgan fingerprint density at radius 2 is 1.44 bits per heavy atom. The maximum atomic E-state index is 9.95. The lowest BCUT2D eigenvalue weighted by atomic mass is 9.75. The summed E-state index contributed by atoms with van der Waals surface area (Å²) in [4.78, 5) is 0. The second-order valence-electron chi connectivity index (χ2n) is 5.32. The molecule has 6 heteroatoms. The van der Waals surface area contributed by atoms with Crippen LogP contribution in [-0.2, 0) is 4.74 Å². The lowest BCUT2D eigenvalue weighted by molar-refractivity contribution is -0.209. The second-order valence-corrected chi connectivity index (χ2v) is 5.32. The standard InChI is InChI=1S/C12H22O6/c1-2-3-4-5-6-12(18-6)10(16)8(14)7(13)9(15)11(12)17/h6-11,13-17H,2-5H2,1H3/t6?,7-,8-,9+,10-,11-,12-/m0/s1. The van der Waals surface area contributed by atoms with Crippen LogP contribution in [0.2, 0.25) is 0 Å². The first-order valence-corrected chi connectivity index (χ1v) is 6.55. The topological polar surface area (TPSA) is 114 Å². The van der Waals surface area contributed by atoms with Crippen molar-refractivity contribution in [3.05, 3.63) is 0 Å². The summed E-state index contributed by atoms with van der Waals surface area (Å²) in [6.45, 7) is 2.07. The summed E-state index contributed by atoms with van der Waals surface area (Å²) in [5, 5.41) is 48.7. The lowest BCUT2D eigenvalue weighted by Crippen LogP contribution is -2.66. The SMILES string of the molecule is CCCCCC1O[C@@]12[C@@H](O)[C@H](O)[C@@H](O)[C@H](O)[C@@H]2O. The van der Waals surface area contributed by atoms with Gasteiger partial charge in [-0.2, -0.15) is 0 Å². The molecule has 1 saturated carbocycles. The maximum Gasteiger partial charge on any atom is 0.151 e. The van der Waals surface area contributed by atoms with Crippen LogP contribution in [0.5, 0.6) is 0 Å². The molecule has 7 atom stereocenters. The number of epoxide rings is 1. The molecule has 0 radical (unpaired) electrons. The molecule has 5 N–H and O–H groups in total. The molecule has 1 heterocycles. The molecule has 0 aromatic heterocycles. The van der Waals surface area contributed by atoms with Crippen LogP contribution in [0.3, 0.4) is 0 Å². The van der Waals surface area contributed by atoms with E-state index in [2.05, 4.69) is 6.92 Å². The van der Waals surface area contributed by atoms with E-state index >= 15 is 0 Å². The predicted molar refractivity (Wildman–Crippen MR) is 61.8 cm³/mol. The summed E-state index contributed by atoms with van der Waals surface area (Å²) in [5.41, 5.74) is -1.31. The lowest BCUT2D eigenvalue weighted by Gasteiger charge is -2.40. The molecule has 6 nitrogen and oxygen atoms in total. The van der Waals surface area contributed by atoms with Crippen LogP contribution in [0, 0.1) is 0 Å². The Kier molecular flexibility index (Phi) is 3.96. The molecule has 18 heavy (non-hydrogen) atoms. The van der Waals surface area contributed by atoms with Crippen molar-refractivity contribution in [3.8, 4) is 0 Å². The molecule has 2 aliphatic rings. The summed E-state index contributed by atoms with van der Waals surface area (Å²) in [6, 6.07) is 0. The van der Waals surface area contributed by atoms with Crippen molar-refractivity contribution in [1.82, 2.24) is 0 Å². The van der Waals surface area contributed by atoms with Crippen molar-refractivity contribution < 1.29 is 30.3 Å². The smallest absolute Gasteiger partial charge is 0.151 e. The summed E-state index contributed by atoms with van der Waals surface area (Å²) < 4.78 is 5.37. The van der Waals surface area contributed by atoms with Gasteiger partial charge in [0.1, 0.15) is 30.5 Å². The number of unbranched alkanes of at least 4 members (excludes halogenated alkanes) is 2. The van der Waals surface area contributed by atoms with E-state index in [0.717, 1.165) is 19.3 Å². The van der Waals surface area contributed by atoms with E-state index in [-0.39, 0.29) is 6.10 Å². The molecular weight excluding hydrogens is 240 g/mol. The van der Waals surface area contributed by atoms with Crippen molar-refractivity contribution in [1.29, 1.82) is 0 Å². The minimum Gasteiger partial charge on any atom is -0.387 e. The molecule has 2 fully saturated rings. The van der Waals surface area contributed by atoms with Crippen LogP contribution < -0.4 is 0 Å². The third-order valence-electron chi connectivity index (χ3n) is 4.13. The third-order valence-corrected chi connectivity index (χ3v) is 4.13. The van der Waals surface area contributed by atoms with Gasteiger partial charge in [0.15, 0.2) is 5.60 Å². The van der Waals surface area contributed by atoms with Gasteiger partial charge in [0, 0.05) is 0 Å². The predicted octanol–water partition coefficient (Wildman–Crippen LogP) is -1.48. The van der Waals surface area contributed by atoms with Crippen LogP contribution in [0.1, 0.15) is 32.6 Å². The van der Waals surface area contributed by atoms with E-state index in [4.69, 9.17) is 4.74 Å². The van der Waals surface area contributed by atoms with Crippen LogP contribution >= 0.6 is 0 Å². The summed E-state index contributed by atoms with van der Waals surface area (Å²) in [7, 11) is 0. The van der Waals surface area contributed by atoms with Crippen molar-refractivity contribution >= 4 is 0 Å². The molecule has 1 saturated heterocycles. The first-order chi connectivity index (χ1) is 8.46. The highest BCUT2D eigenvalue weighted by molar-refractivity contribution is 5.20. The molecule has 1 spiro atoms. The molecule has 106 valence electrons. The quantitative estimate of drug-likeness (QED) is 0.312. The zero-order chi connectivity index (χ0) is 13.5. The second kappa shape index (κ2) is 5.03. The van der Waals surface area contributed by atoms with Gasteiger partial charge in [0.05, 0.1) is 6.10 Å². The minimum atomic E-state index is -1.55. The van der Waals surface area contributed by atoms with E-state index in [9.17, 15) is 25.5 Å². The molecule has 0 amide bonds. The molecule has 0 bridgehead atoms. The molecule has 1 aliphatic heterocycles. The fraction of sp³-hybridized carbons (Fsp3) is 1.00. The number of ether oxygens (including phenoxy) is 1. The molecular formula is C12H22O6. The Bertz CT molecular complexity index is 280. The largest absolute Gasteiger partial charge is 0.387 e. The van der Waals surface area contributed by atoms with E-state index in [1.165, 1.54) is 0 Å². The first-order valence-electron chi connectivity index (χ1n) is 6.55. The minimum absolute atomic E-state index is 0.370. The highest BCUT2D eigenvalue weighted by Crippen LogP contribution is 2.50. The van der Waals surface area contributed by atoms with Gasteiger partial charge in [0.25, 0.3) is 0 Å². The zero-order valence-electron chi connectivity index (χ0n) is 10.4. The Labute approximate surface area is 106 Å². The van der Waals surface area contributed by atoms with Gasteiger partial charge in [0.2, 0.25) is 0 Å². The van der Waals surface area contributed by atoms with Crippen molar-refractivity contribution in [3.63, 3.8) is 0 Å². The van der Waals surface area contributed by atoms with Gasteiger partial charge < -0.3 is 30.3 Å². The maximum absolute atomic E-state index is 9.95. The Hall–Kier alpha value is -0.240. The number of rotatable bonds is 4. The Balaban J connectivity index is 2.03. The first kappa shape index (κ1) is 14.2. The molecule has 1 unspecified atom stereocenters. The Morgan fingerprint density at radius 1 is 0.889 bits per heavy atom. The normalized spacial score (nSPS) is 51.7. The zero-order valence-corrected chi connectivity index (χ0v) is 10.4. The van der Waals surface area contributed by atoms with Crippen molar-refractivity contribution in [2.24, 2.45) is 0 Å². The summed E-state index contributed by atoms with van der Waals surface area (Å²) in [5.74, 6) is 0. The third kappa shape index (κ3) is 1.97. The van der Waals surface area contributed by atoms with E-state index in [1.807, 2.05) is 0 Å². The van der Waals surface area contributed by atoms with Crippen LogP contribution in [0.25, 0.3) is 0 Å². The molecule has 0 aromatic rings. The van der Waals surface area contributed by atoms with Crippen molar-refractivity contribution in [2.45, 2.75) is 74.8 Å². The number of aliphatic hydroxyl groups excluding tert-OH is 5. The van der Waals surface area contributed by atoms with Gasteiger partial charge in [-0.3, -0.25) is 0 Å². The van der Waals surface area contributed by atoms with E-state index < -0.39 is 36.1 Å². The highest BCUT2D eigenvalue weighted by Gasteiger charge is 2.72. The summed E-state index contributed by atoms with van der Waals surface area (Å²) in [6.07, 6.45) is -4.04. The van der Waals surface area contributed by atoms with E-state index in [0.29, 0.717) is 6.42 Å². The molecule has 1 aliphatic carbocycles. The molecule has 2 rings (SSSR count). The molecule has 0 aromatic carbocycles. The Morgan fingerprint density at radius 3 is 1.94 bits per heavy atom. The summed E-state index contributed by atoms with van der Waals surface area (Å²) >= 11 is 0. The average Bonchev–Trinajstić information content (AvgIpc) is 3.08. The van der Waals surface area contributed by atoms with Crippen molar-refractivity contribution in [2.75, 3.05) is 0 Å². The van der Waals surface area contributed by atoms with Gasteiger partial charge >= 0.3 is 0 Å². The average molecular weight is 262 g/mol. The number of hydrogen-bond donors (Lipinski definition) is 5. The fourth-order valence-corrected chi connectivity index (χ4v) is 2.88. The van der Waals surface area contributed by atoms with Gasteiger partial charge in [-0.15, -0.1) is 0 Å².